The molecule has 4 nitrogen and oxygen atoms in total. The lowest BCUT2D eigenvalue weighted by atomic mass is 10.1. The number of anilines is 1. The molecule has 0 unspecified atom stereocenters. The highest BCUT2D eigenvalue weighted by atomic mass is 16.6. The van der Waals surface area contributed by atoms with Crippen LogP contribution in [0.25, 0.3) is 0 Å². The Hall–Kier alpha value is -1.55. The average molecular weight is 251 g/mol. The van der Waals surface area contributed by atoms with Crippen molar-refractivity contribution in [1.82, 2.24) is 0 Å². The van der Waals surface area contributed by atoms with Crippen LogP contribution in [0, 0.1) is 0 Å². The van der Waals surface area contributed by atoms with E-state index in [4.69, 9.17) is 15.2 Å². The van der Waals surface area contributed by atoms with Crippen LogP contribution in [0.15, 0.2) is 24.3 Å². The molecule has 0 spiro atoms. The third-order valence-electron chi connectivity index (χ3n) is 2.49. The van der Waals surface area contributed by atoms with Crippen LogP contribution in [0.4, 0.5) is 5.69 Å². The number of esters is 1. The summed E-state index contributed by atoms with van der Waals surface area (Å²) in [4.78, 5) is 11.4. The Labute approximate surface area is 108 Å². The van der Waals surface area contributed by atoms with E-state index in [-0.39, 0.29) is 5.97 Å². The topological polar surface area (TPSA) is 61.5 Å². The minimum atomic E-state index is -0.210. The van der Waals surface area contributed by atoms with Gasteiger partial charge in [0, 0.05) is 18.7 Å². The van der Waals surface area contributed by atoms with Crippen molar-refractivity contribution in [1.29, 1.82) is 0 Å². The monoisotopic (exact) mass is 251 g/mol. The van der Waals surface area contributed by atoms with Crippen molar-refractivity contribution in [2.24, 2.45) is 0 Å². The highest BCUT2D eigenvalue weighted by Gasteiger charge is 2.05. The highest BCUT2D eigenvalue weighted by Crippen LogP contribution is 2.12. The summed E-state index contributed by atoms with van der Waals surface area (Å²) < 4.78 is 10.3. The zero-order valence-corrected chi connectivity index (χ0v) is 10.9. The SMILES string of the molecule is CCCOCCOC(=O)CCc1ccccc1N. The van der Waals surface area contributed by atoms with E-state index in [1.54, 1.807) is 0 Å². The minimum absolute atomic E-state index is 0.210. The fourth-order valence-electron chi connectivity index (χ4n) is 1.53. The van der Waals surface area contributed by atoms with Gasteiger partial charge in [-0.2, -0.15) is 0 Å². The number of carbonyl (C=O) groups is 1. The Morgan fingerprint density at radius 2 is 2.00 bits per heavy atom. The number of aryl methyl sites for hydroxylation is 1. The maximum absolute atomic E-state index is 11.4. The largest absolute Gasteiger partial charge is 0.463 e. The first-order valence-electron chi connectivity index (χ1n) is 6.30. The summed E-state index contributed by atoms with van der Waals surface area (Å²) in [5.41, 5.74) is 7.49. The number of hydrogen-bond donors (Lipinski definition) is 1. The van der Waals surface area contributed by atoms with Crippen LogP contribution in [0.2, 0.25) is 0 Å². The standard InChI is InChI=1S/C14H21NO3/c1-2-9-17-10-11-18-14(16)8-7-12-5-3-4-6-13(12)15/h3-6H,2,7-11,15H2,1H3. The maximum Gasteiger partial charge on any atom is 0.306 e. The molecule has 0 bridgehead atoms. The van der Waals surface area contributed by atoms with Crippen LogP contribution < -0.4 is 5.73 Å². The molecule has 1 rings (SSSR count). The second kappa shape index (κ2) is 8.53. The fraction of sp³-hybridized carbons (Fsp3) is 0.500. The van der Waals surface area contributed by atoms with Crippen molar-refractivity contribution in [3.8, 4) is 0 Å². The van der Waals surface area contributed by atoms with Crippen molar-refractivity contribution in [2.45, 2.75) is 26.2 Å². The van der Waals surface area contributed by atoms with Crippen LogP contribution in [0.1, 0.15) is 25.3 Å². The van der Waals surface area contributed by atoms with E-state index in [9.17, 15) is 4.79 Å². The van der Waals surface area contributed by atoms with Crippen molar-refractivity contribution in [3.05, 3.63) is 29.8 Å². The van der Waals surface area contributed by atoms with E-state index in [1.807, 2.05) is 31.2 Å². The van der Waals surface area contributed by atoms with E-state index < -0.39 is 0 Å². The Balaban J connectivity index is 2.15. The zero-order valence-electron chi connectivity index (χ0n) is 10.9. The molecule has 0 aliphatic carbocycles. The van der Waals surface area contributed by atoms with Gasteiger partial charge in [0.15, 0.2) is 0 Å². The summed E-state index contributed by atoms with van der Waals surface area (Å²) in [6.07, 6.45) is 1.94. The smallest absolute Gasteiger partial charge is 0.306 e. The molecular weight excluding hydrogens is 230 g/mol. The van der Waals surface area contributed by atoms with E-state index in [0.717, 1.165) is 17.7 Å². The van der Waals surface area contributed by atoms with Gasteiger partial charge in [0.2, 0.25) is 0 Å². The minimum Gasteiger partial charge on any atom is -0.463 e. The quantitative estimate of drug-likeness (QED) is 0.437. The molecule has 1 aromatic rings. The molecule has 2 N–H and O–H groups in total. The summed E-state index contributed by atoms with van der Waals surface area (Å²) in [5, 5.41) is 0. The lowest BCUT2D eigenvalue weighted by molar-refractivity contribution is -0.145. The first kappa shape index (κ1) is 14.5. The molecule has 18 heavy (non-hydrogen) atoms. The number of hydrogen-bond acceptors (Lipinski definition) is 4. The van der Waals surface area contributed by atoms with E-state index in [1.165, 1.54) is 0 Å². The number of para-hydroxylation sites is 1. The second-order valence-electron chi connectivity index (χ2n) is 4.03. The van der Waals surface area contributed by atoms with E-state index in [2.05, 4.69) is 0 Å². The van der Waals surface area contributed by atoms with Crippen molar-refractivity contribution >= 4 is 11.7 Å². The van der Waals surface area contributed by atoms with Crippen molar-refractivity contribution < 1.29 is 14.3 Å². The number of nitrogens with two attached hydrogens (primary N) is 1. The highest BCUT2D eigenvalue weighted by molar-refractivity contribution is 5.70. The molecular formula is C14H21NO3. The molecule has 4 heteroatoms. The molecule has 0 aliphatic rings. The van der Waals surface area contributed by atoms with Crippen LogP contribution in [0.5, 0.6) is 0 Å². The molecule has 0 fully saturated rings. The molecule has 0 amide bonds. The van der Waals surface area contributed by atoms with Crippen LogP contribution in [0.3, 0.4) is 0 Å². The summed E-state index contributed by atoms with van der Waals surface area (Å²) in [5.74, 6) is -0.210. The Bertz CT molecular complexity index is 366. The predicted molar refractivity (Wildman–Crippen MR) is 71.2 cm³/mol. The summed E-state index contributed by atoms with van der Waals surface area (Å²) in [7, 11) is 0. The van der Waals surface area contributed by atoms with Gasteiger partial charge in [0.1, 0.15) is 6.61 Å². The molecule has 0 aromatic heterocycles. The first-order chi connectivity index (χ1) is 8.74. The normalized spacial score (nSPS) is 10.3. The van der Waals surface area contributed by atoms with E-state index in [0.29, 0.717) is 32.7 Å². The Kier molecular flexibility index (Phi) is 6.87. The average Bonchev–Trinajstić information content (AvgIpc) is 2.37. The Morgan fingerprint density at radius 3 is 2.72 bits per heavy atom. The predicted octanol–water partition coefficient (Wildman–Crippen LogP) is 2.17. The van der Waals surface area contributed by atoms with Gasteiger partial charge in [-0.15, -0.1) is 0 Å². The van der Waals surface area contributed by atoms with Gasteiger partial charge in [-0.3, -0.25) is 4.79 Å². The van der Waals surface area contributed by atoms with Gasteiger partial charge in [-0.25, -0.2) is 0 Å². The second-order valence-corrected chi connectivity index (χ2v) is 4.03. The summed E-state index contributed by atoms with van der Waals surface area (Å²) in [6.45, 7) is 3.53. The van der Waals surface area contributed by atoms with Gasteiger partial charge < -0.3 is 15.2 Å². The molecule has 0 saturated heterocycles. The molecule has 0 atom stereocenters. The summed E-state index contributed by atoms with van der Waals surface area (Å²) >= 11 is 0. The zero-order chi connectivity index (χ0) is 13.2. The molecule has 0 heterocycles. The van der Waals surface area contributed by atoms with E-state index >= 15 is 0 Å². The fourth-order valence-corrected chi connectivity index (χ4v) is 1.53. The van der Waals surface area contributed by atoms with Gasteiger partial charge in [-0.1, -0.05) is 25.1 Å². The third kappa shape index (κ3) is 5.68. The number of nitrogen functional groups attached to an aromatic ring is 1. The number of rotatable bonds is 8. The van der Waals surface area contributed by atoms with Gasteiger partial charge >= 0.3 is 5.97 Å². The van der Waals surface area contributed by atoms with Crippen LogP contribution >= 0.6 is 0 Å². The van der Waals surface area contributed by atoms with Gasteiger partial charge in [-0.05, 0) is 24.5 Å². The first-order valence-corrected chi connectivity index (χ1v) is 6.30. The number of carbonyl (C=O) groups excluding carboxylic acids is 1. The molecule has 100 valence electrons. The van der Waals surface area contributed by atoms with Crippen LogP contribution in [-0.2, 0) is 20.7 Å². The number of ether oxygens (including phenoxy) is 2. The van der Waals surface area contributed by atoms with Crippen LogP contribution in [-0.4, -0.2) is 25.8 Å². The lowest BCUT2D eigenvalue weighted by Crippen LogP contribution is -2.11. The molecule has 1 aromatic carbocycles. The molecule has 0 saturated carbocycles. The summed E-state index contributed by atoms with van der Waals surface area (Å²) in [6, 6.07) is 7.55. The van der Waals surface area contributed by atoms with Gasteiger partial charge in [0.25, 0.3) is 0 Å². The molecule has 0 radical (unpaired) electrons. The maximum atomic E-state index is 11.4. The third-order valence-corrected chi connectivity index (χ3v) is 2.49. The van der Waals surface area contributed by atoms with Gasteiger partial charge in [0.05, 0.1) is 6.61 Å². The molecule has 0 aliphatic heterocycles. The number of benzene rings is 1. The van der Waals surface area contributed by atoms with Crippen molar-refractivity contribution in [2.75, 3.05) is 25.6 Å². The Morgan fingerprint density at radius 1 is 1.22 bits per heavy atom. The lowest BCUT2D eigenvalue weighted by Gasteiger charge is -2.06. The van der Waals surface area contributed by atoms with Crippen molar-refractivity contribution in [3.63, 3.8) is 0 Å².